The maximum absolute atomic E-state index is 13.4. The Morgan fingerprint density at radius 2 is 2.05 bits per heavy atom. The number of halogens is 2. The smallest absolute Gasteiger partial charge is 0.267 e. The number of benzene rings is 1. The molecule has 3 aromatic rings. The van der Waals surface area contributed by atoms with Gasteiger partial charge in [-0.25, -0.2) is 13.8 Å². The van der Waals surface area contributed by atoms with Crippen molar-refractivity contribution in [1.29, 1.82) is 5.26 Å². The number of aromatic nitrogens is 2. The van der Waals surface area contributed by atoms with Crippen molar-refractivity contribution in [2.75, 3.05) is 0 Å². The Morgan fingerprint density at radius 1 is 1.38 bits per heavy atom. The second-order valence-corrected chi connectivity index (χ2v) is 4.49. The molecule has 3 rings (SSSR count). The normalized spacial score (nSPS) is 12.2. The van der Waals surface area contributed by atoms with Crippen LogP contribution in [0.1, 0.15) is 11.1 Å². The van der Waals surface area contributed by atoms with Crippen LogP contribution < -0.4 is 10.8 Å². The summed E-state index contributed by atoms with van der Waals surface area (Å²) < 4.78 is 27.7. The van der Waals surface area contributed by atoms with E-state index in [9.17, 15) is 23.9 Å². The molecule has 0 radical (unpaired) electrons. The zero-order chi connectivity index (χ0) is 15.3. The molecule has 104 valence electrons. The Bertz CT molecular complexity index is 1060. The highest BCUT2D eigenvalue weighted by molar-refractivity contribution is 5.82. The first-order valence-corrected chi connectivity index (χ1v) is 5.88. The summed E-state index contributed by atoms with van der Waals surface area (Å²) in [6, 6.07) is 3.58. The van der Waals surface area contributed by atoms with E-state index in [0.29, 0.717) is 6.26 Å². The average molecular weight is 287 g/mol. The fourth-order valence-electron chi connectivity index (χ4n) is 2.32. The van der Waals surface area contributed by atoms with Crippen molar-refractivity contribution in [3.8, 4) is 6.07 Å². The molecule has 0 aliphatic heterocycles. The maximum atomic E-state index is 13.4. The highest BCUT2D eigenvalue weighted by Gasteiger charge is 2.18. The van der Waals surface area contributed by atoms with Gasteiger partial charge in [-0.05, 0) is 12.5 Å². The molecular formula is C14H7F2N3O2. The van der Waals surface area contributed by atoms with Crippen LogP contribution in [0, 0.1) is 29.9 Å². The van der Waals surface area contributed by atoms with Gasteiger partial charge < -0.3 is 5.11 Å². The molecule has 0 amide bonds. The zero-order valence-electron chi connectivity index (χ0n) is 10.7. The van der Waals surface area contributed by atoms with Crippen molar-refractivity contribution in [2.45, 2.75) is 6.92 Å². The third-order valence-corrected chi connectivity index (χ3v) is 3.37. The number of hydrogen-bond acceptors (Lipinski definition) is 4. The van der Waals surface area contributed by atoms with Gasteiger partial charge in [0.15, 0.2) is 17.3 Å². The number of imidazole rings is 1. The Hall–Kier alpha value is -3.01. The number of hydrogen-bond donors (Lipinski definition) is 1. The van der Waals surface area contributed by atoms with E-state index in [1.807, 2.05) is 6.07 Å². The number of nitriles is 1. The molecule has 0 unspecified atom stereocenters. The van der Waals surface area contributed by atoms with E-state index in [1.165, 1.54) is 6.92 Å². The molecule has 2 heterocycles. The minimum atomic E-state index is -1.13. The molecule has 0 saturated heterocycles. The lowest BCUT2D eigenvalue weighted by Gasteiger charge is -2.01. The van der Waals surface area contributed by atoms with Gasteiger partial charge in [0.1, 0.15) is 6.07 Å². The fraction of sp³-hybridized carbons (Fsp3) is 0.0714. The highest BCUT2D eigenvalue weighted by atomic mass is 19.2. The lowest BCUT2D eigenvalue weighted by atomic mass is 10.1. The molecule has 0 atom stereocenters. The Balaban J connectivity index is 2.74. The molecule has 2 aromatic heterocycles. The molecule has 7 heteroatoms. The van der Waals surface area contributed by atoms with Crippen molar-refractivity contribution < 1.29 is 13.9 Å². The van der Waals surface area contributed by atoms with E-state index in [2.05, 4.69) is 4.98 Å². The second-order valence-electron chi connectivity index (χ2n) is 4.49. The molecule has 0 saturated carbocycles. The first-order valence-electron chi connectivity index (χ1n) is 5.88. The van der Waals surface area contributed by atoms with E-state index in [1.54, 1.807) is 0 Å². The standard InChI is InChI=1S/C14H7F2N3O2/c1-6-7(4-17)13-18-11-2-9(15)10(16)3-12(11)19(13)14(21)8(6)5-20/h2-3,5,20H,1H3/b8-5-. The van der Waals surface area contributed by atoms with E-state index >= 15 is 0 Å². The second kappa shape index (κ2) is 4.24. The van der Waals surface area contributed by atoms with Gasteiger partial charge in [-0.15, -0.1) is 0 Å². The summed E-state index contributed by atoms with van der Waals surface area (Å²) in [5.41, 5.74) is -0.241. The van der Waals surface area contributed by atoms with E-state index < -0.39 is 17.2 Å². The van der Waals surface area contributed by atoms with Crippen LogP contribution in [0.25, 0.3) is 22.9 Å². The van der Waals surface area contributed by atoms with Crippen LogP contribution in [0.4, 0.5) is 8.78 Å². The molecule has 0 aliphatic carbocycles. The molecular weight excluding hydrogens is 280 g/mol. The van der Waals surface area contributed by atoms with Crippen molar-refractivity contribution in [1.82, 2.24) is 9.38 Å². The Morgan fingerprint density at radius 3 is 2.67 bits per heavy atom. The van der Waals surface area contributed by atoms with Gasteiger partial charge in [0, 0.05) is 12.1 Å². The average Bonchev–Trinajstić information content (AvgIpc) is 2.78. The lowest BCUT2D eigenvalue weighted by molar-refractivity contribution is 0.510. The largest absolute Gasteiger partial charge is 0.515 e. The summed E-state index contributed by atoms with van der Waals surface area (Å²) in [6.45, 7) is 1.49. The third-order valence-electron chi connectivity index (χ3n) is 3.37. The molecule has 1 N–H and O–H groups in total. The summed E-state index contributed by atoms with van der Waals surface area (Å²) in [5, 5.41) is 18.3. The molecule has 0 spiro atoms. The molecule has 0 aliphatic rings. The predicted octanol–water partition coefficient (Wildman–Crippen LogP) is 1.32. The number of pyridine rings is 1. The van der Waals surface area contributed by atoms with Gasteiger partial charge in [-0.3, -0.25) is 9.20 Å². The van der Waals surface area contributed by atoms with Crippen LogP contribution in [0.2, 0.25) is 0 Å². The number of aliphatic hydroxyl groups is 1. The highest BCUT2D eigenvalue weighted by Crippen LogP contribution is 2.20. The van der Waals surface area contributed by atoms with Crippen molar-refractivity contribution in [3.63, 3.8) is 0 Å². The summed E-state index contributed by atoms with van der Waals surface area (Å²) in [5.74, 6) is -2.22. The van der Waals surface area contributed by atoms with Crippen molar-refractivity contribution in [2.24, 2.45) is 0 Å². The third kappa shape index (κ3) is 1.59. The molecule has 21 heavy (non-hydrogen) atoms. The van der Waals surface area contributed by atoms with Gasteiger partial charge in [0.25, 0.3) is 5.56 Å². The SMILES string of the molecule is Cc1c(C#N)c2nc3cc(F)c(F)cc3n2c(=O)/c1=C\O. The van der Waals surface area contributed by atoms with Crippen molar-refractivity contribution >= 4 is 22.9 Å². The quantitative estimate of drug-likeness (QED) is 0.676. The minimum Gasteiger partial charge on any atom is -0.515 e. The van der Waals surface area contributed by atoms with Crippen LogP contribution in [-0.4, -0.2) is 14.5 Å². The van der Waals surface area contributed by atoms with Gasteiger partial charge in [0.05, 0.1) is 28.1 Å². The Labute approximate surface area is 116 Å². The first kappa shape index (κ1) is 13.0. The topological polar surface area (TPSA) is 78.4 Å². The first-order chi connectivity index (χ1) is 9.99. The number of rotatable bonds is 0. The predicted molar refractivity (Wildman–Crippen MR) is 70.6 cm³/mol. The van der Waals surface area contributed by atoms with Crippen LogP contribution in [0.15, 0.2) is 16.9 Å². The van der Waals surface area contributed by atoms with E-state index in [0.717, 1.165) is 16.5 Å². The summed E-state index contributed by atoms with van der Waals surface area (Å²) >= 11 is 0. The fourth-order valence-corrected chi connectivity index (χ4v) is 2.32. The summed E-state index contributed by atoms with van der Waals surface area (Å²) in [7, 11) is 0. The maximum Gasteiger partial charge on any atom is 0.267 e. The lowest BCUT2D eigenvalue weighted by Crippen LogP contribution is -2.34. The summed E-state index contributed by atoms with van der Waals surface area (Å²) in [6.07, 6.45) is 0.587. The monoisotopic (exact) mass is 287 g/mol. The molecule has 5 nitrogen and oxygen atoms in total. The zero-order valence-corrected chi connectivity index (χ0v) is 10.7. The van der Waals surface area contributed by atoms with Crippen LogP contribution in [0.3, 0.4) is 0 Å². The van der Waals surface area contributed by atoms with Gasteiger partial charge in [-0.2, -0.15) is 5.26 Å². The van der Waals surface area contributed by atoms with E-state index in [4.69, 9.17) is 0 Å². The number of aliphatic hydroxyl groups excluding tert-OH is 1. The number of nitrogens with zero attached hydrogens (tertiary/aromatic N) is 3. The van der Waals surface area contributed by atoms with Crippen LogP contribution >= 0.6 is 0 Å². The van der Waals surface area contributed by atoms with E-state index in [-0.39, 0.29) is 33.0 Å². The van der Waals surface area contributed by atoms with Crippen LogP contribution in [-0.2, 0) is 0 Å². The minimum absolute atomic E-state index is 0.00519. The van der Waals surface area contributed by atoms with Crippen LogP contribution in [0.5, 0.6) is 0 Å². The molecule has 1 aromatic carbocycles. The Kier molecular flexibility index (Phi) is 2.63. The molecule has 0 bridgehead atoms. The van der Waals surface area contributed by atoms with Crippen molar-refractivity contribution in [3.05, 3.63) is 50.5 Å². The van der Waals surface area contributed by atoms with Gasteiger partial charge in [0.2, 0.25) is 0 Å². The molecule has 0 fully saturated rings. The van der Waals surface area contributed by atoms with Gasteiger partial charge >= 0.3 is 0 Å². The van der Waals surface area contributed by atoms with Gasteiger partial charge in [-0.1, -0.05) is 0 Å². The summed E-state index contributed by atoms with van der Waals surface area (Å²) in [4.78, 5) is 16.3. The number of fused-ring (bicyclic) bond motifs is 3.